The molecule has 3 aromatic rings. The molecular weight excluding hydrogens is 396 g/mol. The summed E-state index contributed by atoms with van der Waals surface area (Å²) in [5.41, 5.74) is 1.83. The Bertz CT molecular complexity index is 1130. The maximum atomic E-state index is 12.6. The van der Waals surface area contributed by atoms with Gasteiger partial charge in [0, 0.05) is 44.5 Å². The maximum Gasteiger partial charge on any atom is 0.246 e. The lowest BCUT2D eigenvalue weighted by molar-refractivity contribution is -0.126. The second-order valence-corrected chi connectivity index (χ2v) is 7.39. The van der Waals surface area contributed by atoms with Crippen LogP contribution >= 0.6 is 0 Å². The molecule has 0 radical (unpaired) electrons. The Kier molecular flexibility index (Phi) is 4.99. The molecule has 9 nitrogen and oxygen atoms in total. The van der Waals surface area contributed by atoms with Gasteiger partial charge in [-0.2, -0.15) is 5.10 Å². The summed E-state index contributed by atoms with van der Waals surface area (Å²) in [5.74, 6) is 2.99. The lowest BCUT2D eigenvalue weighted by atomic mass is 10.2. The van der Waals surface area contributed by atoms with Crippen LogP contribution in [0.25, 0.3) is 11.9 Å². The van der Waals surface area contributed by atoms with Gasteiger partial charge in [-0.15, -0.1) is 0 Å². The Labute approximate surface area is 179 Å². The Morgan fingerprint density at radius 3 is 2.61 bits per heavy atom. The van der Waals surface area contributed by atoms with Gasteiger partial charge in [0.05, 0.1) is 5.69 Å². The fraction of sp³-hybridized carbons (Fsp3) is 0.273. The van der Waals surface area contributed by atoms with Crippen LogP contribution in [0.3, 0.4) is 0 Å². The van der Waals surface area contributed by atoms with Gasteiger partial charge in [-0.1, -0.05) is 6.07 Å². The highest BCUT2D eigenvalue weighted by Gasteiger charge is 2.21. The average molecular weight is 418 g/mol. The molecule has 2 aliphatic rings. The number of benzene rings is 1. The van der Waals surface area contributed by atoms with Crippen molar-refractivity contribution in [1.29, 1.82) is 0 Å². The molecule has 2 aromatic heterocycles. The average Bonchev–Trinajstić information content (AvgIpc) is 3.46. The molecule has 0 bridgehead atoms. The third kappa shape index (κ3) is 4.07. The van der Waals surface area contributed by atoms with Crippen LogP contribution in [0.1, 0.15) is 11.3 Å². The maximum absolute atomic E-state index is 12.6. The van der Waals surface area contributed by atoms with Crippen LogP contribution in [0.4, 0.5) is 5.82 Å². The van der Waals surface area contributed by atoms with Gasteiger partial charge in [0.1, 0.15) is 12.1 Å². The molecule has 9 heteroatoms. The van der Waals surface area contributed by atoms with Gasteiger partial charge in [-0.05, 0) is 36.8 Å². The zero-order valence-electron chi connectivity index (χ0n) is 17.1. The van der Waals surface area contributed by atoms with E-state index in [1.54, 1.807) is 23.2 Å². The first-order valence-electron chi connectivity index (χ1n) is 10.1. The minimum absolute atomic E-state index is 0.00675. The number of hydrogen-bond donors (Lipinski definition) is 0. The van der Waals surface area contributed by atoms with E-state index in [4.69, 9.17) is 9.47 Å². The number of aromatic nitrogens is 4. The minimum atomic E-state index is -0.00675. The van der Waals surface area contributed by atoms with E-state index in [9.17, 15) is 4.79 Å². The van der Waals surface area contributed by atoms with Crippen LogP contribution in [0, 0.1) is 6.92 Å². The molecule has 4 heterocycles. The molecule has 158 valence electrons. The molecule has 1 fully saturated rings. The van der Waals surface area contributed by atoms with Crippen LogP contribution in [-0.2, 0) is 4.79 Å². The predicted molar refractivity (Wildman–Crippen MR) is 114 cm³/mol. The third-order valence-electron chi connectivity index (χ3n) is 5.33. The first-order chi connectivity index (χ1) is 15.2. The van der Waals surface area contributed by atoms with E-state index in [-0.39, 0.29) is 12.7 Å². The van der Waals surface area contributed by atoms with Crippen molar-refractivity contribution >= 4 is 17.8 Å². The van der Waals surface area contributed by atoms with Crippen molar-refractivity contribution < 1.29 is 14.3 Å². The standard InChI is InChI=1S/C22H22N6O3/c1-16-6-7-28(25-16)21-13-20(23-14-24-21)26-8-10-27(11-9-26)22(29)5-3-17-2-4-18-19(12-17)31-15-30-18/h2-7,12-14H,8-11,15H2,1H3/b5-3+. The van der Waals surface area contributed by atoms with E-state index >= 15 is 0 Å². The van der Waals surface area contributed by atoms with Gasteiger partial charge < -0.3 is 19.3 Å². The third-order valence-corrected chi connectivity index (χ3v) is 5.33. The Morgan fingerprint density at radius 2 is 1.81 bits per heavy atom. The number of rotatable bonds is 4. The molecule has 0 spiro atoms. The van der Waals surface area contributed by atoms with Crippen molar-refractivity contribution in [2.45, 2.75) is 6.92 Å². The van der Waals surface area contributed by atoms with Crippen molar-refractivity contribution in [2.75, 3.05) is 37.9 Å². The predicted octanol–water partition coefficient (Wildman–Crippen LogP) is 2.06. The second-order valence-electron chi connectivity index (χ2n) is 7.39. The Morgan fingerprint density at radius 1 is 1.00 bits per heavy atom. The van der Waals surface area contributed by atoms with E-state index in [2.05, 4.69) is 20.0 Å². The summed E-state index contributed by atoms with van der Waals surface area (Å²) in [7, 11) is 0. The van der Waals surface area contributed by atoms with E-state index in [0.29, 0.717) is 31.9 Å². The first kappa shape index (κ1) is 19.1. The largest absolute Gasteiger partial charge is 0.454 e. The number of amides is 1. The Hall–Kier alpha value is -3.88. The molecule has 0 atom stereocenters. The summed E-state index contributed by atoms with van der Waals surface area (Å²) >= 11 is 0. The zero-order chi connectivity index (χ0) is 21.2. The second kappa shape index (κ2) is 8.10. The van der Waals surface area contributed by atoms with Crippen molar-refractivity contribution in [3.8, 4) is 17.3 Å². The SMILES string of the molecule is Cc1ccn(-c2cc(N3CCN(C(=O)/C=C/c4ccc5c(c4)OCO5)CC3)ncn2)n1. The zero-order valence-corrected chi connectivity index (χ0v) is 17.1. The molecule has 0 N–H and O–H groups in total. The van der Waals surface area contributed by atoms with Crippen molar-refractivity contribution in [3.05, 3.63) is 60.2 Å². The molecule has 0 unspecified atom stereocenters. The number of nitrogens with zero attached hydrogens (tertiary/aromatic N) is 6. The molecule has 1 aromatic carbocycles. The highest BCUT2D eigenvalue weighted by Crippen LogP contribution is 2.32. The monoisotopic (exact) mass is 418 g/mol. The number of anilines is 1. The molecule has 1 amide bonds. The summed E-state index contributed by atoms with van der Waals surface area (Å²) in [4.78, 5) is 25.3. The molecule has 5 rings (SSSR count). The normalized spacial score (nSPS) is 15.6. The number of piperazine rings is 1. The molecular formula is C22H22N6O3. The summed E-state index contributed by atoms with van der Waals surface area (Å²) in [6, 6.07) is 9.49. The van der Waals surface area contributed by atoms with Crippen LogP contribution in [-0.4, -0.2) is 63.5 Å². The first-order valence-corrected chi connectivity index (χ1v) is 10.1. The van der Waals surface area contributed by atoms with Gasteiger partial charge in [0.25, 0.3) is 0 Å². The van der Waals surface area contributed by atoms with Crippen LogP contribution in [0.15, 0.2) is 48.9 Å². The fourth-order valence-corrected chi connectivity index (χ4v) is 3.62. The van der Waals surface area contributed by atoms with Gasteiger partial charge in [0.2, 0.25) is 12.7 Å². The number of aryl methyl sites for hydroxylation is 1. The lowest BCUT2D eigenvalue weighted by Gasteiger charge is -2.35. The van der Waals surface area contributed by atoms with Gasteiger partial charge in [-0.25, -0.2) is 14.6 Å². The number of ether oxygens (including phenoxy) is 2. The molecule has 0 saturated carbocycles. The van der Waals surface area contributed by atoms with Crippen LogP contribution < -0.4 is 14.4 Å². The highest BCUT2D eigenvalue weighted by molar-refractivity contribution is 5.92. The van der Waals surface area contributed by atoms with Crippen molar-refractivity contribution in [3.63, 3.8) is 0 Å². The quantitative estimate of drug-likeness (QED) is 0.600. The van der Waals surface area contributed by atoms with Gasteiger partial charge in [0.15, 0.2) is 17.3 Å². The summed E-state index contributed by atoms with van der Waals surface area (Å²) in [6.45, 7) is 4.85. The Balaban J connectivity index is 1.20. The molecule has 31 heavy (non-hydrogen) atoms. The smallest absolute Gasteiger partial charge is 0.246 e. The summed E-state index contributed by atoms with van der Waals surface area (Å²) < 4.78 is 12.4. The van der Waals surface area contributed by atoms with E-state index < -0.39 is 0 Å². The van der Waals surface area contributed by atoms with Crippen molar-refractivity contribution in [2.24, 2.45) is 0 Å². The number of fused-ring (bicyclic) bond motifs is 1. The summed E-state index contributed by atoms with van der Waals surface area (Å²) in [5, 5.41) is 4.40. The van der Waals surface area contributed by atoms with E-state index in [0.717, 1.165) is 28.6 Å². The molecule has 2 aliphatic heterocycles. The van der Waals surface area contributed by atoms with Gasteiger partial charge >= 0.3 is 0 Å². The number of carbonyl (C=O) groups excluding carboxylic acids is 1. The molecule has 0 aliphatic carbocycles. The van der Waals surface area contributed by atoms with Gasteiger partial charge in [-0.3, -0.25) is 4.79 Å². The molecule has 1 saturated heterocycles. The van der Waals surface area contributed by atoms with Crippen LogP contribution in [0.5, 0.6) is 11.5 Å². The van der Waals surface area contributed by atoms with E-state index in [1.807, 2.05) is 48.4 Å². The van der Waals surface area contributed by atoms with Crippen LogP contribution in [0.2, 0.25) is 0 Å². The fourth-order valence-electron chi connectivity index (χ4n) is 3.62. The number of carbonyl (C=O) groups is 1. The topological polar surface area (TPSA) is 85.6 Å². The van der Waals surface area contributed by atoms with Crippen molar-refractivity contribution in [1.82, 2.24) is 24.6 Å². The highest BCUT2D eigenvalue weighted by atomic mass is 16.7. The lowest BCUT2D eigenvalue weighted by Crippen LogP contribution is -2.48. The van der Waals surface area contributed by atoms with E-state index in [1.165, 1.54) is 0 Å². The number of hydrogen-bond acceptors (Lipinski definition) is 7. The minimum Gasteiger partial charge on any atom is -0.454 e. The summed E-state index contributed by atoms with van der Waals surface area (Å²) in [6.07, 6.45) is 6.84.